The first-order valence-electron chi connectivity index (χ1n) is 6.55. The van der Waals surface area contributed by atoms with Gasteiger partial charge in [-0.15, -0.1) is 0 Å². The van der Waals surface area contributed by atoms with Crippen molar-refractivity contribution in [3.63, 3.8) is 0 Å². The molecule has 1 fully saturated rings. The standard InChI is InChI=1S/C12H18Cl2N2O2S/c1-8(2)10-11(19(14,17)18)12(13)16(15-10)9-6-4-3-5-7-9/h8-9H,3-7H2,1-2H3. The molecule has 0 unspecified atom stereocenters. The second-order valence-electron chi connectivity index (χ2n) is 5.33. The number of hydrogen-bond acceptors (Lipinski definition) is 3. The molecule has 108 valence electrons. The molecule has 1 aromatic rings. The Morgan fingerprint density at radius 2 is 1.84 bits per heavy atom. The number of rotatable bonds is 3. The van der Waals surface area contributed by atoms with Crippen LogP contribution < -0.4 is 0 Å². The summed E-state index contributed by atoms with van der Waals surface area (Å²) in [5, 5.41) is 4.58. The quantitative estimate of drug-likeness (QED) is 0.787. The van der Waals surface area contributed by atoms with Crippen molar-refractivity contribution in [1.82, 2.24) is 9.78 Å². The molecular weight excluding hydrogens is 307 g/mol. The fourth-order valence-electron chi connectivity index (χ4n) is 2.59. The number of halogens is 2. The topological polar surface area (TPSA) is 52.0 Å². The Hall–Kier alpha value is -0.260. The second kappa shape index (κ2) is 5.62. The predicted molar refractivity (Wildman–Crippen MR) is 76.5 cm³/mol. The monoisotopic (exact) mass is 324 g/mol. The van der Waals surface area contributed by atoms with Gasteiger partial charge in [0.15, 0.2) is 0 Å². The summed E-state index contributed by atoms with van der Waals surface area (Å²) < 4.78 is 25.1. The van der Waals surface area contributed by atoms with Gasteiger partial charge < -0.3 is 0 Å². The van der Waals surface area contributed by atoms with Crippen LogP contribution in [-0.2, 0) is 9.05 Å². The maximum Gasteiger partial charge on any atom is 0.266 e. The molecule has 1 aromatic heterocycles. The van der Waals surface area contributed by atoms with Crippen molar-refractivity contribution in [1.29, 1.82) is 0 Å². The van der Waals surface area contributed by atoms with E-state index in [1.807, 2.05) is 13.8 Å². The molecule has 1 aliphatic carbocycles. The minimum absolute atomic E-state index is 0.0172. The molecule has 1 saturated carbocycles. The van der Waals surface area contributed by atoms with Gasteiger partial charge in [0, 0.05) is 10.7 Å². The first-order chi connectivity index (χ1) is 8.82. The van der Waals surface area contributed by atoms with Crippen molar-refractivity contribution >= 4 is 31.3 Å². The first-order valence-corrected chi connectivity index (χ1v) is 9.23. The largest absolute Gasteiger partial charge is 0.266 e. The van der Waals surface area contributed by atoms with Gasteiger partial charge in [0.1, 0.15) is 10.0 Å². The van der Waals surface area contributed by atoms with E-state index in [0.717, 1.165) is 25.7 Å². The molecule has 0 atom stereocenters. The van der Waals surface area contributed by atoms with Gasteiger partial charge in [0.25, 0.3) is 9.05 Å². The summed E-state index contributed by atoms with van der Waals surface area (Å²) in [7, 11) is 1.63. The Labute approximate surface area is 123 Å². The van der Waals surface area contributed by atoms with Crippen LogP contribution in [0, 0.1) is 0 Å². The molecule has 1 heterocycles. The Bertz CT molecular complexity index is 561. The summed E-state index contributed by atoms with van der Waals surface area (Å²) in [5.74, 6) is -0.0362. The lowest BCUT2D eigenvalue weighted by molar-refractivity contribution is 0.328. The van der Waals surface area contributed by atoms with Crippen molar-refractivity contribution < 1.29 is 8.42 Å². The Kier molecular flexibility index (Phi) is 4.48. The molecule has 2 rings (SSSR count). The fraction of sp³-hybridized carbons (Fsp3) is 0.750. The summed E-state index contributed by atoms with van der Waals surface area (Å²) in [5.41, 5.74) is 0.463. The van der Waals surface area contributed by atoms with E-state index in [9.17, 15) is 8.42 Å². The fourth-order valence-corrected chi connectivity index (χ4v) is 4.56. The van der Waals surface area contributed by atoms with E-state index < -0.39 is 9.05 Å². The third-order valence-electron chi connectivity index (χ3n) is 3.55. The molecule has 1 aliphatic rings. The van der Waals surface area contributed by atoms with Crippen LogP contribution in [0.1, 0.15) is 63.6 Å². The molecule has 7 heteroatoms. The maximum atomic E-state index is 11.7. The zero-order valence-corrected chi connectivity index (χ0v) is 13.4. The molecule has 0 bridgehead atoms. The molecule has 0 saturated heterocycles. The van der Waals surface area contributed by atoms with Crippen LogP contribution in [0.15, 0.2) is 4.90 Å². The minimum atomic E-state index is -3.87. The summed E-state index contributed by atoms with van der Waals surface area (Å²) in [6.07, 6.45) is 5.44. The molecule has 19 heavy (non-hydrogen) atoms. The van der Waals surface area contributed by atoms with Gasteiger partial charge in [-0.2, -0.15) is 5.10 Å². The summed E-state index contributed by atoms with van der Waals surface area (Å²) >= 11 is 6.23. The normalized spacial score (nSPS) is 18.2. The third kappa shape index (κ3) is 3.09. The van der Waals surface area contributed by atoms with Crippen LogP contribution in [0.5, 0.6) is 0 Å². The number of hydrogen-bond donors (Lipinski definition) is 0. The van der Waals surface area contributed by atoms with Gasteiger partial charge in [-0.05, 0) is 18.8 Å². The highest BCUT2D eigenvalue weighted by molar-refractivity contribution is 8.13. The van der Waals surface area contributed by atoms with E-state index >= 15 is 0 Å². The van der Waals surface area contributed by atoms with Gasteiger partial charge in [-0.25, -0.2) is 13.1 Å². The average Bonchev–Trinajstić information content (AvgIpc) is 2.68. The van der Waals surface area contributed by atoms with Crippen molar-refractivity contribution in [2.24, 2.45) is 0 Å². The van der Waals surface area contributed by atoms with E-state index in [2.05, 4.69) is 5.10 Å². The minimum Gasteiger partial charge on any atom is -0.249 e. The SMILES string of the molecule is CC(C)c1nn(C2CCCCC2)c(Cl)c1S(=O)(=O)Cl. The smallest absolute Gasteiger partial charge is 0.249 e. The zero-order valence-electron chi connectivity index (χ0n) is 11.1. The van der Waals surface area contributed by atoms with Gasteiger partial charge in [-0.1, -0.05) is 44.7 Å². The lowest BCUT2D eigenvalue weighted by atomic mass is 9.96. The molecule has 0 aliphatic heterocycles. The Morgan fingerprint density at radius 3 is 2.26 bits per heavy atom. The Morgan fingerprint density at radius 1 is 1.26 bits per heavy atom. The van der Waals surface area contributed by atoms with E-state index in [0.29, 0.717) is 5.69 Å². The number of aromatic nitrogens is 2. The molecular formula is C12H18Cl2N2O2S. The molecule has 0 radical (unpaired) electrons. The van der Waals surface area contributed by atoms with Crippen LogP contribution in [0.2, 0.25) is 5.15 Å². The van der Waals surface area contributed by atoms with Gasteiger partial charge in [0.2, 0.25) is 0 Å². The highest BCUT2D eigenvalue weighted by Crippen LogP contribution is 2.37. The van der Waals surface area contributed by atoms with Crippen molar-refractivity contribution in [3.05, 3.63) is 10.8 Å². The van der Waals surface area contributed by atoms with Crippen LogP contribution in [0.4, 0.5) is 0 Å². The van der Waals surface area contributed by atoms with Gasteiger partial charge in [0.05, 0.1) is 11.7 Å². The second-order valence-corrected chi connectivity index (χ2v) is 8.19. The zero-order chi connectivity index (χ0) is 14.2. The third-order valence-corrected chi connectivity index (χ3v) is 5.38. The van der Waals surface area contributed by atoms with E-state index in [-0.39, 0.29) is 22.0 Å². The van der Waals surface area contributed by atoms with Crippen molar-refractivity contribution in [2.75, 3.05) is 0 Å². The first kappa shape index (κ1) is 15.1. The molecule has 0 aromatic carbocycles. The van der Waals surface area contributed by atoms with Crippen molar-refractivity contribution in [2.45, 2.75) is 62.8 Å². The lowest BCUT2D eigenvalue weighted by Crippen LogP contribution is -2.14. The number of nitrogens with zero attached hydrogens (tertiary/aromatic N) is 2. The molecule has 0 amide bonds. The highest BCUT2D eigenvalue weighted by Gasteiger charge is 2.30. The van der Waals surface area contributed by atoms with E-state index in [4.69, 9.17) is 22.3 Å². The average molecular weight is 325 g/mol. The Balaban J connectivity index is 2.52. The van der Waals surface area contributed by atoms with Crippen LogP contribution in [0.25, 0.3) is 0 Å². The van der Waals surface area contributed by atoms with Gasteiger partial charge in [-0.3, -0.25) is 0 Å². The van der Waals surface area contributed by atoms with Crippen LogP contribution >= 0.6 is 22.3 Å². The lowest BCUT2D eigenvalue weighted by Gasteiger charge is -2.22. The summed E-state index contributed by atoms with van der Waals surface area (Å²) in [6, 6.07) is 0.186. The maximum absolute atomic E-state index is 11.7. The molecule has 4 nitrogen and oxygen atoms in total. The predicted octanol–water partition coefficient (Wildman–Crippen LogP) is 4.09. The van der Waals surface area contributed by atoms with E-state index in [1.54, 1.807) is 4.68 Å². The van der Waals surface area contributed by atoms with Crippen molar-refractivity contribution in [3.8, 4) is 0 Å². The molecule has 0 N–H and O–H groups in total. The molecule has 0 spiro atoms. The highest BCUT2D eigenvalue weighted by atomic mass is 35.7. The van der Waals surface area contributed by atoms with Crippen LogP contribution in [-0.4, -0.2) is 18.2 Å². The van der Waals surface area contributed by atoms with Crippen LogP contribution in [0.3, 0.4) is 0 Å². The summed E-state index contributed by atoms with van der Waals surface area (Å²) in [6.45, 7) is 3.77. The summed E-state index contributed by atoms with van der Waals surface area (Å²) in [4.78, 5) is -0.0172. The van der Waals surface area contributed by atoms with Gasteiger partial charge >= 0.3 is 0 Å². The van der Waals surface area contributed by atoms with E-state index in [1.165, 1.54) is 6.42 Å².